The predicted octanol–water partition coefficient (Wildman–Crippen LogP) is 1.81. The number of amides is 2. The Kier molecular flexibility index (Phi) is 6.36. The zero-order valence-corrected chi connectivity index (χ0v) is 14.8. The van der Waals surface area contributed by atoms with Gasteiger partial charge in [-0.05, 0) is 43.9 Å². The number of hydrogen-bond acceptors (Lipinski definition) is 6. The Morgan fingerprint density at radius 3 is 2.72 bits per heavy atom. The van der Waals surface area contributed by atoms with Gasteiger partial charge in [0.2, 0.25) is 5.91 Å². The molecule has 2 amide bonds. The summed E-state index contributed by atoms with van der Waals surface area (Å²) in [7, 11) is 0. The number of imide groups is 1. The van der Waals surface area contributed by atoms with E-state index in [1.165, 1.54) is 6.08 Å². The molecule has 0 unspecified atom stereocenters. The topological polar surface area (TPSA) is 93.1 Å². The molecule has 0 spiro atoms. The third-order valence-corrected chi connectivity index (χ3v) is 4.42. The standard InChI is InChI=1S/C18H25NO6/c1-11(2)14-10-24-18(23)19(14)17(22)12(3)16-15(21)8-7-13(25-16)6-4-5-9-20/h6-8,11-12,14,16,20H,4-5,9-10H2,1-3H3/t12-,14+,16+/m0/s1. The van der Waals surface area contributed by atoms with Crippen LogP contribution in [-0.2, 0) is 19.1 Å². The van der Waals surface area contributed by atoms with Gasteiger partial charge in [0.05, 0.1) is 12.0 Å². The Morgan fingerprint density at radius 1 is 1.36 bits per heavy atom. The van der Waals surface area contributed by atoms with E-state index >= 15 is 0 Å². The summed E-state index contributed by atoms with van der Waals surface area (Å²) in [6.45, 7) is 5.63. The van der Waals surface area contributed by atoms with Crippen molar-refractivity contribution in [2.45, 2.75) is 45.8 Å². The molecule has 0 saturated carbocycles. The van der Waals surface area contributed by atoms with E-state index in [-0.39, 0.29) is 31.0 Å². The van der Waals surface area contributed by atoms with Crippen molar-refractivity contribution < 1.29 is 29.0 Å². The molecule has 2 rings (SSSR count). The lowest BCUT2D eigenvalue weighted by Crippen LogP contribution is -2.48. The third kappa shape index (κ3) is 4.28. The first-order valence-electron chi connectivity index (χ1n) is 8.56. The van der Waals surface area contributed by atoms with Crippen LogP contribution in [0.25, 0.3) is 0 Å². The lowest BCUT2D eigenvalue weighted by atomic mass is 9.95. The summed E-state index contributed by atoms with van der Waals surface area (Å²) in [5.74, 6) is -1.05. The van der Waals surface area contributed by atoms with E-state index in [1.807, 2.05) is 13.8 Å². The highest BCUT2D eigenvalue weighted by atomic mass is 16.6. The molecule has 0 aromatic carbocycles. The maximum atomic E-state index is 12.8. The highest BCUT2D eigenvalue weighted by molar-refractivity contribution is 6.01. The number of cyclic esters (lactones) is 1. The Balaban J connectivity index is 2.12. The molecular formula is C18H25NO6. The summed E-state index contributed by atoms with van der Waals surface area (Å²) < 4.78 is 10.7. The SMILES string of the molecule is CC(C)[C@H]1COC(=O)N1C(=O)[C@@H](C)[C@H]1OC(=CCCCO)C=CC1=O. The number of carbonyl (C=O) groups is 3. The molecular weight excluding hydrogens is 326 g/mol. The van der Waals surface area contributed by atoms with E-state index in [0.29, 0.717) is 18.6 Å². The number of aliphatic hydroxyl groups is 1. The van der Waals surface area contributed by atoms with Crippen molar-refractivity contribution in [3.8, 4) is 0 Å². The van der Waals surface area contributed by atoms with E-state index < -0.39 is 24.0 Å². The van der Waals surface area contributed by atoms with E-state index in [9.17, 15) is 14.4 Å². The maximum Gasteiger partial charge on any atom is 0.416 e. The van der Waals surface area contributed by atoms with Crippen molar-refractivity contribution >= 4 is 17.8 Å². The minimum atomic E-state index is -0.973. The zero-order chi connectivity index (χ0) is 18.6. The molecule has 7 nitrogen and oxygen atoms in total. The monoisotopic (exact) mass is 351 g/mol. The number of ether oxygens (including phenoxy) is 2. The third-order valence-electron chi connectivity index (χ3n) is 4.42. The predicted molar refractivity (Wildman–Crippen MR) is 89.4 cm³/mol. The lowest BCUT2D eigenvalue weighted by Gasteiger charge is -2.30. The molecule has 1 saturated heterocycles. The molecule has 1 N–H and O–H groups in total. The second kappa shape index (κ2) is 8.29. The van der Waals surface area contributed by atoms with Gasteiger partial charge >= 0.3 is 6.09 Å². The van der Waals surface area contributed by atoms with Gasteiger partial charge in [-0.15, -0.1) is 0 Å². The molecule has 0 aromatic heterocycles. The van der Waals surface area contributed by atoms with Crippen LogP contribution in [0.2, 0.25) is 0 Å². The Morgan fingerprint density at radius 2 is 2.08 bits per heavy atom. The van der Waals surface area contributed by atoms with Crippen molar-refractivity contribution in [2.75, 3.05) is 13.2 Å². The number of carbonyl (C=O) groups excluding carboxylic acids is 3. The summed E-state index contributed by atoms with van der Waals surface area (Å²) in [5, 5.41) is 8.83. The molecule has 0 bridgehead atoms. The summed E-state index contributed by atoms with van der Waals surface area (Å²) >= 11 is 0. The summed E-state index contributed by atoms with van der Waals surface area (Å²) in [4.78, 5) is 38.0. The minimum Gasteiger partial charge on any atom is -0.482 e. The van der Waals surface area contributed by atoms with Crippen LogP contribution in [0.4, 0.5) is 4.79 Å². The van der Waals surface area contributed by atoms with Crippen molar-refractivity contribution in [3.05, 3.63) is 24.0 Å². The fourth-order valence-corrected chi connectivity index (χ4v) is 2.83. The Bertz CT molecular complexity index is 594. The van der Waals surface area contributed by atoms with Gasteiger partial charge in [0.25, 0.3) is 0 Å². The van der Waals surface area contributed by atoms with Crippen LogP contribution >= 0.6 is 0 Å². The molecule has 0 aromatic rings. The number of allylic oxidation sites excluding steroid dienone is 2. The molecule has 0 aliphatic carbocycles. The fraction of sp³-hybridized carbons (Fsp3) is 0.611. The highest BCUT2D eigenvalue weighted by Crippen LogP contribution is 2.26. The van der Waals surface area contributed by atoms with Crippen LogP contribution in [0.3, 0.4) is 0 Å². The molecule has 2 aliphatic rings. The largest absolute Gasteiger partial charge is 0.482 e. The van der Waals surface area contributed by atoms with Crippen LogP contribution in [-0.4, -0.2) is 53.1 Å². The van der Waals surface area contributed by atoms with Gasteiger partial charge in [-0.2, -0.15) is 0 Å². The van der Waals surface area contributed by atoms with Gasteiger partial charge < -0.3 is 14.6 Å². The Hall–Kier alpha value is -2.15. The highest BCUT2D eigenvalue weighted by Gasteiger charge is 2.44. The fourth-order valence-electron chi connectivity index (χ4n) is 2.83. The normalized spacial score (nSPS) is 26.1. The van der Waals surface area contributed by atoms with E-state index in [4.69, 9.17) is 14.6 Å². The zero-order valence-electron chi connectivity index (χ0n) is 14.8. The van der Waals surface area contributed by atoms with Crippen molar-refractivity contribution in [2.24, 2.45) is 11.8 Å². The van der Waals surface area contributed by atoms with Crippen LogP contribution in [0.15, 0.2) is 24.0 Å². The lowest BCUT2D eigenvalue weighted by molar-refractivity contribution is -0.143. The van der Waals surface area contributed by atoms with Crippen LogP contribution < -0.4 is 0 Å². The van der Waals surface area contributed by atoms with Crippen molar-refractivity contribution in [1.82, 2.24) is 4.90 Å². The first kappa shape index (κ1) is 19.2. The smallest absolute Gasteiger partial charge is 0.416 e. The average molecular weight is 351 g/mol. The number of rotatable bonds is 6. The van der Waals surface area contributed by atoms with Gasteiger partial charge in [-0.25, -0.2) is 9.69 Å². The second-order valence-electron chi connectivity index (χ2n) is 6.63. The number of hydrogen-bond donors (Lipinski definition) is 1. The summed E-state index contributed by atoms with van der Waals surface area (Å²) in [5.41, 5.74) is 0. The molecule has 25 heavy (non-hydrogen) atoms. The average Bonchev–Trinajstić information content (AvgIpc) is 2.97. The molecule has 7 heteroatoms. The number of ketones is 1. The van der Waals surface area contributed by atoms with Crippen LogP contribution in [0.5, 0.6) is 0 Å². The van der Waals surface area contributed by atoms with Gasteiger partial charge in [-0.3, -0.25) is 9.59 Å². The molecule has 2 aliphatic heterocycles. The van der Waals surface area contributed by atoms with Crippen molar-refractivity contribution in [1.29, 1.82) is 0 Å². The molecule has 138 valence electrons. The number of unbranched alkanes of at least 4 members (excludes halogenated alkanes) is 1. The summed E-state index contributed by atoms with van der Waals surface area (Å²) in [6.07, 6.45) is 4.24. The molecule has 2 heterocycles. The summed E-state index contributed by atoms with van der Waals surface area (Å²) in [6, 6.07) is -0.337. The minimum absolute atomic E-state index is 0.0550. The van der Waals surface area contributed by atoms with Crippen LogP contribution in [0, 0.1) is 11.8 Å². The number of nitrogens with zero attached hydrogens (tertiary/aromatic N) is 1. The van der Waals surface area contributed by atoms with Gasteiger partial charge in [0.1, 0.15) is 12.4 Å². The Labute approximate surface area is 147 Å². The molecule has 1 fully saturated rings. The first-order chi connectivity index (χ1) is 11.9. The number of aliphatic hydroxyl groups excluding tert-OH is 1. The molecule has 0 radical (unpaired) electrons. The molecule has 3 atom stereocenters. The van der Waals surface area contributed by atoms with Gasteiger partial charge in [0.15, 0.2) is 11.9 Å². The van der Waals surface area contributed by atoms with Crippen molar-refractivity contribution in [3.63, 3.8) is 0 Å². The van der Waals surface area contributed by atoms with E-state index in [1.54, 1.807) is 19.1 Å². The second-order valence-corrected chi connectivity index (χ2v) is 6.63. The van der Waals surface area contributed by atoms with Gasteiger partial charge in [0, 0.05) is 6.61 Å². The van der Waals surface area contributed by atoms with Crippen LogP contribution in [0.1, 0.15) is 33.6 Å². The maximum absolute atomic E-state index is 12.8. The first-order valence-corrected chi connectivity index (χ1v) is 8.56. The van der Waals surface area contributed by atoms with Gasteiger partial charge in [-0.1, -0.05) is 13.8 Å². The van der Waals surface area contributed by atoms with E-state index in [2.05, 4.69) is 0 Å². The van der Waals surface area contributed by atoms with E-state index in [0.717, 1.165) is 4.90 Å². The quantitative estimate of drug-likeness (QED) is 0.734.